The van der Waals surface area contributed by atoms with Crippen LogP contribution in [0.5, 0.6) is 0 Å². The maximum absolute atomic E-state index is 12.0. The Hall–Kier alpha value is -2.08. The molecule has 0 bridgehead atoms. The highest BCUT2D eigenvalue weighted by atomic mass is 16.2. The standard InChI is InChI=1S/C16H22N4O2/c1-16(9-8-13(22)19(16)2)20-12-7-3-5-11(6-4-10-21)14(12)18-15(20)17/h3,5,7,21H,4,6,8-10H2,1-2H3,(H2,17,18). The molecule has 0 aliphatic carbocycles. The number of aliphatic hydroxyl groups excluding tert-OH is 1. The smallest absolute Gasteiger partial charge is 0.224 e. The number of aliphatic hydroxyl groups is 1. The molecule has 1 aliphatic rings. The van der Waals surface area contributed by atoms with Crippen molar-refractivity contribution >= 4 is 22.9 Å². The Morgan fingerprint density at radius 2 is 2.23 bits per heavy atom. The first kappa shape index (κ1) is 14.8. The minimum Gasteiger partial charge on any atom is -0.396 e. The fraction of sp³-hybridized carbons (Fsp3) is 0.500. The molecular weight excluding hydrogens is 280 g/mol. The van der Waals surface area contributed by atoms with Crippen molar-refractivity contribution in [2.24, 2.45) is 0 Å². The molecule has 1 saturated heterocycles. The minimum atomic E-state index is -0.481. The molecule has 2 heterocycles. The highest BCUT2D eigenvalue weighted by Gasteiger charge is 2.42. The number of para-hydroxylation sites is 1. The number of hydrogen-bond acceptors (Lipinski definition) is 4. The van der Waals surface area contributed by atoms with Gasteiger partial charge in [0.2, 0.25) is 11.9 Å². The Labute approximate surface area is 129 Å². The first-order chi connectivity index (χ1) is 10.5. The number of nitrogens with two attached hydrogens (primary N) is 1. The minimum absolute atomic E-state index is 0.125. The van der Waals surface area contributed by atoms with Gasteiger partial charge in [-0.05, 0) is 37.8 Å². The van der Waals surface area contributed by atoms with E-state index in [0.717, 1.165) is 29.4 Å². The monoisotopic (exact) mass is 302 g/mol. The van der Waals surface area contributed by atoms with Gasteiger partial charge in [0.25, 0.3) is 0 Å². The quantitative estimate of drug-likeness (QED) is 0.895. The van der Waals surface area contributed by atoms with E-state index in [1.165, 1.54) is 0 Å². The molecule has 0 spiro atoms. The van der Waals surface area contributed by atoms with Crippen LogP contribution in [-0.2, 0) is 16.9 Å². The summed E-state index contributed by atoms with van der Waals surface area (Å²) in [6, 6.07) is 5.98. The van der Waals surface area contributed by atoms with Crippen LogP contribution in [0.15, 0.2) is 18.2 Å². The van der Waals surface area contributed by atoms with E-state index in [9.17, 15) is 4.79 Å². The van der Waals surface area contributed by atoms with Crippen molar-refractivity contribution in [1.29, 1.82) is 0 Å². The lowest BCUT2D eigenvalue weighted by Gasteiger charge is -2.35. The molecule has 22 heavy (non-hydrogen) atoms. The second kappa shape index (κ2) is 5.28. The largest absolute Gasteiger partial charge is 0.396 e. The van der Waals surface area contributed by atoms with Gasteiger partial charge in [-0.2, -0.15) is 0 Å². The number of amides is 1. The molecular formula is C16H22N4O2. The molecule has 3 N–H and O–H groups in total. The van der Waals surface area contributed by atoms with Gasteiger partial charge in [0.15, 0.2) is 0 Å². The molecule has 6 heteroatoms. The van der Waals surface area contributed by atoms with Crippen LogP contribution in [0.3, 0.4) is 0 Å². The predicted octanol–water partition coefficient (Wildman–Crippen LogP) is 1.47. The summed E-state index contributed by atoms with van der Waals surface area (Å²) in [6.45, 7) is 2.18. The summed E-state index contributed by atoms with van der Waals surface area (Å²) in [5, 5.41) is 9.04. The van der Waals surface area contributed by atoms with Gasteiger partial charge in [-0.25, -0.2) is 4.98 Å². The van der Waals surface area contributed by atoms with E-state index in [1.54, 1.807) is 4.90 Å². The molecule has 118 valence electrons. The number of aryl methyl sites for hydroxylation is 1. The second-order valence-electron chi connectivity index (χ2n) is 6.09. The van der Waals surface area contributed by atoms with Gasteiger partial charge in [-0.15, -0.1) is 0 Å². The summed E-state index contributed by atoms with van der Waals surface area (Å²) in [5.41, 5.74) is 8.59. The third kappa shape index (κ3) is 2.06. The molecule has 3 rings (SSSR count). The predicted molar refractivity (Wildman–Crippen MR) is 85.2 cm³/mol. The normalized spacial score (nSPS) is 22.0. The Morgan fingerprint density at radius 1 is 1.45 bits per heavy atom. The fourth-order valence-corrected chi connectivity index (χ4v) is 3.36. The molecule has 1 unspecified atom stereocenters. The number of carbonyl (C=O) groups excluding carboxylic acids is 1. The molecule has 2 aromatic rings. The van der Waals surface area contributed by atoms with Crippen molar-refractivity contribution < 1.29 is 9.90 Å². The number of likely N-dealkylation sites (tertiary alicyclic amines) is 1. The van der Waals surface area contributed by atoms with E-state index < -0.39 is 5.66 Å². The molecule has 0 saturated carbocycles. The van der Waals surface area contributed by atoms with Crippen LogP contribution >= 0.6 is 0 Å². The zero-order valence-corrected chi connectivity index (χ0v) is 13.0. The van der Waals surface area contributed by atoms with Crippen LogP contribution in [0.4, 0.5) is 5.95 Å². The van der Waals surface area contributed by atoms with Crippen molar-refractivity contribution in [3.8, 4) is 0 Å². The Morgan fingerprint density at radius 3 is 2.86 bits per heavy atom. The van der Waals surface area contributed by atoms with Gasteiger partial charge in [-0.1, -0.05) is 12.1 Å². The molecule has 1 amide bonds. The van der Waals surface area contributed by atoms with Crippen LogP contribution in [0, 0.1) is 0 Å². The summed E-state index contributed by atoms with van der Waals surface area (Å²) in [6.07, 6.45) is 2.70. The van der Waals surface area contributed by atoms with E-state index in [2.05, 4.69) is 4.98 Å². The van der Waals surface area contributed by atoms with Crippen LogP contribution in [-0.4, -0.2) is 39.1 Å². The number of aromatic nitrogens is 2. The highest BCUT2D eigenvalue weighted by molar-refractivity contribution is 5.84. The third-order valence-electron chi connectivity index (χ3n) is 4.79. The van der Waals surface area contributed by atoms with Crippen LogP contribution in [0.1, 0.15) is 31.7 Å². The van der Waals surface area contributed by atoms with Crippen molar-refractivity contribution in [2.75, 3.05) is 19.4 Å². The average Bonchev–Trinajstić information content (AvgIpc) is 2.97. The molecule has 6 nitrogen and oxygen atoms in total. The number of imidazole rings is 1. The Kier molecular flexibility index (Phi) is 3.56. The van der Waals surface area contributed by atoms with E-state index in [1.807, 2.05) is 36.7 Å². The molecule has 1 aromatic carbocycles. The van der Waals surface area contributed by atoms with Crippen molar-refractivity contribution in [3.05, 3.63) is 23.8 Å². The number of rotatable bonds is 4. The van der Waals surface area contributed by atoms with Gasteiger partial charge in [-0.3, -0.25) is 9.36 Å². The first-order valence-corrected chi connectivity index (χ1v) is 7.63. The van der Waals surface area contributed by atoms with Crippen molar-refractivity contribution in [3.63, 3.8) is 0 Å². The molecule has 1 aliphatic heterocycles. The van der Waals surface area contributed by atoms with Crippen LogP contribution in [0.2, 0.25) is 0 Å². The number of benzene rings is 1. The summed E-state index contributed by atoms with van der Waals surface area (Å²) in [5.74, 6) is 0.552. The van der Waals surface area contributed by atoms with E-state index >= 15 is 0 Å². The summed E-state index contributed by atoms with van der Waals surface area (Å²) < 4.78 is 1.97. The Balaban J connectivity index is 2.15. The summed E-state index contributed by atoms with van der Waals surface area (Å²) >= 11 is 0. The summed E-state index contributed by atoms with van der Waals surface area (Å²) in [4.78, 5) is 18.3. The lowest BCUT2D eigenvalue weighted by atomic mass is 10.1. The average molecular weight is 302 g/mol. The molecule has 1 aromatic heterocycles. The van der Waals surface area contributed by atoms with Gasteiger partial charge in [0, 0.05) is 20.1 Å². The van der Waals surface area contributed by atoms with Gasteiger partial charge in [0.1, 0.15) is 5.66 Å². The lowest BCUT2D eigenvalue weighted by Crippen LogP contribution is -2.43. The topological polar surface area (TPSA) is 84.4 Å². The molecule has 0 radical (unpaired) electrons. The Bertz CT molecular complexity index is 724. The molecule has 1 atom stereocenters. The number of anilines is 1. The number of nitrogens with zero attached hydrogens (tertiary/aromatic N) is 3. The van der Waals surface area contributed by atoms with E-state index in [-0.39, 0.29) is 12.5 Å². The highest BCUT2D eigenvalue weighted by Crippen LogP contribution is 2.38. The van der Waals surface area contributed by atoms with E-state index in [0.29, 0.717) is 18.8 Å². The first-order valence-electron chi connectivity index (χ1n) is 7.63. The van der Waals surface area contributed by atoms with Crippen molar-refractivity contribution in [1.82, 2.24) is 14.5 Å². The zero-order valence-electron chi connectivity index (χ0n) is 13.0. The van der Waals surface area contributed by atoms with Crippen LogP contribution < -0.4 is 5.73 Å². The number of hydrogen-bond donors (Lipinski definition) is 2. The van der Waals surface area contributed by atoms with Crippen molar-refractivity contribution in [2.45, 2.75) is 38.3 Å². The van der Waals surface area contributed by atoms with Gasteiger partial charge >= 0.3 is 0 Å². The number of fused-ring (bicyclic) bond motifs is 1. The van der Waals surface area contributed by atoms with Gasteiger partial charge < -0.3 is 15.7 Å². The van der Waals surface area contributed by atoms with E-state index in [4.69, 9.17) is 10.8 Å². The molecule has 1 fully saturated rings. The SMILES string of the molecule is CN1C(=O)CCC1(C)n1c(N)nc2c(CCCO)cccc21. The lowest BCUT2D eigenvalue weighted by molar-refractivity contribution is -0.131. The number of carbonyl (C=O) groups is 1. The third-order valence-corrected chi connectivity index (χ3v) is 4.79. The zero-order chi connectivity index (χ0) is 15.9. The maximum atomic E-state index is 12.0. The van der Waals surface area contributed by atoms with Gasteiger partial charge in [0.05, 0.1) is 11.0 Å². The van der Waals surface area contributed by atoms with Crippen LogP contribution in [0.25, 0.3) is 11.0 Å². The fourth-order valence-electron chi connectivity index (χ4n) is 3.36. The maximum Gasteiger partial charge on any atom is 0.224 e. The number of nitrogen functional groups attached to an aromatic ring is 1. The second-order valence-corrected chi connectivity index (χ2v) is 6.09. The summed E-state index contributed by atoms with van der Waals surface area (Å²) in [7, 11) is 1.82.